The summed E-state index contributed by atoms with van der Waals surface area (Å²) in [5.41, 5.74) is 4.45. The van der Waals surface area contributed by atoms with Crippen molar-refractivity contribution in [2.24, 2.45) is 0 Å². The Hall–Kier alpha value is -1.02. The summed E-state index contributed by atoms with van der Waals surface area (Å²) >= 11 is 0. The molecule has 0 fully saturated rings. The molecule has 1 aromatic rings. The van der Waals surface area contributed by atoms with Gasteiger partial charge >= 0.3 is 0 Å². The summed E-state index contributed by atoms with van der Waals surface area (Å²) in [4.78, 5) is 2.46. The molecule has 17 heavy (non-hydrogen) atoms. The molecule has 2 heteroatoms. The monoisotopic (exact) mass is 232 g/mol. The Morgan fingerprint density at radius 2 is 2.06 bits per heavy atom. The molecule has 0 bridgehead atoms. The third-order valence-corrected chi connectivity index (χ3v) is 3.99. The average molecular weight is 232 g/mol. The molecule has 94 valence electrons. The Kier molecular flexibility index (Phi) is 4.06. The maximum atomic E-state index is 3.48. The van der Waals surface area contributed by atoms with Gasteiger partial charge in [-0.2, -0.15) is 0 Å². The largest absolute Gasteiger partial charge is 0.371 e. The number of nitrogens with one attached hydrogen (secondary N) is 1. The van der Waals surface area contributed by atoms with E-state index in [-0.39, 0.29) is 0 Å². The zero-order chi connectivity index (χ0) is 12.3. The Labute approximate surface area is 105 Å². The van der Waals surface area contributed by atoms with Gasteiger partial charge in [0.1, 0.15) is 0 Å². The van der Waals surface area contributed by atoms with Crippen LogP contribution in [0.4, 0.5) is 5.69 Å². The van der Waals surface area contributed by atoms with Crippen LogP contribution in [0.25, 0.3) is 0 Å². The molecule has 0 spiro atoms. The maximum absolute atomic E-state index is 3.48. The molecule has 2 nitrogen and oxygen atoms in total. The molecule has 0 unspecified atom stereocenters. The molecular weight excluding hydrogens is 208 g/mol. The summed E-state index contributed by atoms with van der Waals surface area (Å²) in [6.45, 7) is 6.69. The topological polar surface area (TPSA) is 15.3 Å². The lowest BCUT2D eigenvalue weighted by Gasteiger charge is -2.32. The van der Waals surface area contributed by atoms with E-state index in [1.807, 2.05) is 0 Å². The molecule has 1 aromatic carbocycles. The minimum atomic E-state index is 0.656. The molecule has 1 aliphatic rings. The number of anilines is 1. The first-order chi connectivity index (χ1) is 8.27. The molecule has 0 saturated heterocycles. The summed E-state index contributed by atoms with van der Waals surface area (Å²) < 4.78 is 0. The van der Waals surface area contributed by atoms with Crippen molar-refractivity contribution in [2.75, 3.05) is 18.5 Å². The van der Waals surface area contributed by atoms with Crippen molar-refractivity contribution in [2.45, 2.75) is 45.7 Å². The van der Waals surface area contributed by atoms with Crippen molar-refractivity contribution < 1.29 is 0 Å². The van der Waals surface area contributed by atoms with E-state index in [4.69, 9.17) is 0 Å². The SMILES string of the molecule is CCC(CC)N(C)c1cccc2c1CNCC2. The predicted octanol–water partition coefficient (Wildman–Crippen LogP) is 2.96. The van der Waals surface area contributed by atoms with E-state index < -0.39 is 0 Å². The molecule has 0 atom stereocenters. The third kappa shape index (κ3) is 2.47. The molecular formula is C15H24N2. The van der Waals surface area contributed by atoms with Gasteiger partial charge in [0.25, 0.3) is 0 Å². The van der Waals surface area contributed by atoms with Crippen LogP contribution in [0.3, 0.4) is 0 Å². The Balaban J connectivity index is 2.31. The fourth-order valence-electron chi connectivity index (χ4n) is 2.86. The Bertz CT molecular complexity index is 369. The summed E-state index contributed by atoms with van der Waals surface area (Å²) in [7, 11) is 2.24. The van der Waals surface area contributed by atoms with Crippen molar-refractivity contribution >= 4 is 5.69 Å². The Morgan fingerprint density at radius 1 is 1.29 bits per heavy atom. The highest BCUT2D eigenvalue weighted by atomic mass is 15.1. The van der Waals surface area contributed by atoms with Crippen LogP contribution >= 0.6 is 0 Å². The van der Waals surface area contributed by atoms with E-state index >= 15 is 0 Å². The van der Waals surface area contributed by atoms with E-state index in [1.54, 1.807) is 0 Å². The molecule has 0 saturated carbocycles. The van der Waals surface area contributed by atoms with Crippen LogP contribution in [0.5, 0.6) is 0 Å². The highest BCUT2D eigenvalue weighted by Gasteiger charge is 2.18. The summed E-state index contributed by atoms with van der Waals surface area (Å²) in [6.07, 6.45) is 3.59. The summed E-state index contributed by atoms with van der Waals surface area (Å²) in [5, 5.41) is 3.48. The quantitative estimate of drug-likeness (QED) is 0.858. The van der Waals surface area contributed by atoms with E-state index in [9.17, 15) is 0 Å². The number of hydrogen-bond donors (Lipinski definition) is 1. The lowest BCUT2D eigenvalue weighted by atomic mass is 9.97. The van der Waals surface area contributed by atoms with Gasteiger partial charge in [-0.25, -0.2) is 0 Å². The van der Waals surface area contributed by atoms with Gasteiger partial charge in [-0.1, -0.05) is 26.0 Å². The van der Waals surface area contributed by atoms with E-state index in [0.717, 1.165) is 13.1 Å². The van der Waals surface area contributed by atoms with Gasteiger partial charge in [-0.05, 0) is 43.0 Å². The number of fused-ring (bicyclic) bond motifs is 1. The lowest BCUT2D eigenvalue weighted by Crippen LogP contribution is -2.33. The molecule has 0 radical (unpaired) electrons. The summed E-state index contributed by atoms with van der Waals surface area (Å²) in [6, 6.07) is 7.41. The van der Waals surface area contributed by atoms with Crippen molar-refractivity contribution in [1.29, 1.82) is 0 Å². The second-order valence-electron chi connectivity index (χ2n) is 4.92. The Morgan fingerprint density at radius 3 is 2.76 bits per heavy atom. The van der Waals surface area contributed by atoms with Crippen LogP contribution in [-0.4, -0.2) is 19.6 Å². The minimum Gasteiger partial charge on any atom is -0.371 e. The van der Waals surface area contributed by atoms with E-state index in [0.29, 0.717) is 6.04 Å². The van der Waals surface area contributed by atoms with Crippen LogP contribution in [0.15, 0.2) is 18.2 Å². The third-order valence-electron chi connectivity index (χ3n) is 3.99. The minimum absolute atomic E-state index is 0.656. The fraction of sp³-hybridized carbons (Fsp3) is 0.600. The van der Waals surface area contributed by atoms with Gasteiger partial charge < -0.3 is 10.2 Å². The molecule has 1 aliphatic heterocycles. The smallest absolute Gasteiger partial charge is 0.0414 e. The van der Waals surface area contributed by atoms with Gasteiger partial charge in [-0.3, -0.25) is 0 Å². The highest BCUT2D eigenvalue weighted by molar-refractivity contribution is 5.57. The predicted molar refractivity (Wildman–Crippen MR) is 74.6 cm³/mol. The standard InChI is InChI=1S/C15H24N2/c1-4-13(5-2)17(3)15-8-6-7-12-9-10-16-11-14(12)15/h6-8,13,16H,4-5,9-11H2,1-3H3. The van der Waals surface area contributed by atoms with Crippen molar-refractivity contribution in [3.8, 4) is 0 Å². The van der Waals surface area contributed by atoms with E-state index in [1.165, 1.54) is 36.1 Å². The molecule has 0 aromatic heterocycles. The van der Waals surface area contributed by atoms with Gasteiger partial charge in [0.2, 0.25) is 0 Å². The van der Waals surface area contributed by atoms with Gasteiger partial charge in [0.05, 0.1) is 0 Å². The number of benzene rings is 1. The number of rotatable bonds is 4. The molecule has 1 heterocycles. The molecule has 2 rings (SSSR count). The number of hydrogen-bond acceptors (Lipinski definition) is 2. The van der Waals surface area contributed by atoms with Crippen molar-refractivity contribution in [3.63, 3.8) is 0 Å². The fourth-order valence-corrected chi connectivity index (χ4v) is 2.86. The van der Waals surface area contributed by atoms with Gasteiger partial charge in [0, 0.05) is 25.3 Å². The molecule has 0 amide bonds. The van der Waals surface area contributed by atoms with Crippen LogP contribution in [-0.2, 0) is 13.0 Å². The van der Waals surface area contributed by atoms with Crippen LogP contribution in [0.1, 0.15) is 37.8 Å². The first-order valence-corrected chi connectivity index (χ1v) is 6.82. The summed E-state index contributed by atoms with van der Waals surface area (Å²) in [5.74, 6) is 0. The zero-order valence-corrected chi connectivity index (χ0v) is 11.3. The van der Waals surface area contributed by atoms with Crippen LogP contribution < -0.4 is 10.2 Å². The second kappa shape index (κ2) is 5.54. The zero-order valence-electron chi connectivity index (χ0n) is 11.3. The first-order valence-electron chi connectivity index (χ1n) is 6.82. The number of nitrogens with zero attached hydrogens (tertiary/aromatic N) is 1. The van der Waals surface area contributed by atoms with Gasteiger partial charge in [-0.15, -0.1) is 0 Å². The highest BCUT2D eigenvalue weighted by Crippen LogP contribution is 2.28. The maximum Gasteiger partial charge on any atom is 0.0414 e. The van der Waals surface area contributed by atoms with Crippen LogP contribution in [0, 0.1) is 0 Å². The lowest BCUT2D eigenvalue weighted by molar-refractivity contribution is 0.582. The van der Waals surface area contributed by atoms with E-state index in [2.05, 4.69) is 49.3 Å². The first kappa shape index (κ1) is 12.4. The van der Waals surface area contributed by atoms with Crippen molar-refractivity contribution in [3.05, 3.63) is 29.3 Å². The van der Waals surface area contributed by atoms with Gasteiger partial charge in [0.15, 0.2) is 0 Å². The molecule has 0 aliphatic carbocycles. The molecule has 1 N–H and O–H groups in total. The average Bonchev–Trinajstić information content (AvgIpc) is 2.39. The van der Waals surface area contributed by atoms with Crippen molar-refractivity contribution in [1.82, 2.24) is 5.32 Å². The normalized spacial score (nSPS) is 14.8. The van der Waals surface area contributed by atoms with Crippen LogP contribution in [0.2, 0.25) is 0 Å². The second-order valence-corrected chi connectivity index (χ2v) is 4.92.